The van der Waals surface area contributed by atoms with E-state index in [2.05, 4.69) is 15.3 Å². The lowest BCUT2D eigenvalue weighted by atomic mass is 10.2. The van der Waals surface area contributed by atoms with E-state index in [1.54, 1.807) is 0 Å². The summed E-state index contributed by atoms with van der Waals surface area (Å²) in [6.45, 7) is 0. The van der Waals surface area contributed by atoms with Crippen molar-refractivity contribution in [1.29, 1.82) is 0 Å². The highest BCUT2D eigenvalue weighted by molar-refractivity contribution is 5.91. The fraction of sp³-hybridized carbons (Fsp3) is 0.125. The Morgan fingerprint density at radius 2 is 2.12 bits per heavy atom. The van der Waals surface area contributed by atoms with Crippen molar-refractivity contribution >= 4 is 11.8 Å². The first-order valence-electron chi connectivity index (χ1n) is 4.32. The van der Waals surface area contributed by atoms with Crippen molar-refractivity contribution in [3.05, 3.63) is 30.2 Å². The van der Waals surface area contributed by atoms with Crippen LogP contribution in [0.4, 0.5) is 0 Å². The van der Waals surface area contributed by atoms with Crippen molar-refractivity contribution in [2.45, 2.75) is 5.66 Å². The summed E-state index contributed by atoms with van der Waals surface area (Å²) in [5.41, 5.74) is 8.80. The summed E-state index contributed by atoms with van der Waals surface area (Å²) in [5.74, 6) is -1.44. The monoisotopic (exact) mass is 220 g/mol. The molecule has 0 radical (unpaired) electrons. The molecular formula is C8H8N6O2. The number of primary amides is 2. The number of azo groups is 1. The van der Waals surface area contributed by atoms with Gasteiger partial charge in [0.1, 0.15) is 5.69 Å². The van der Waals surface area contributed by atoms with Gasteiger partial charge in [-0.1, -0.05) is 0 Å². The van der Waals surface area contributed by atoms with Gasteiger partial charge >= 0.3 is 0 Å². The van der Waals surface area contributed by atoms with Gasteiger partial charge in [-0.25, -0.2) is 4.68 Å². The zero-order valence-electron chi connectivity index (χ0n) is 8.07. The molecule has 2 rings (SSSR count). The molecular weight excluding hydrogens is 212 g/mol. The van der Waals surface area contributed by atoms with Gasteiger partial charge in [0.25, 0.3) is 17.5 Å². The zero-order chi connectivity index (χ0) is 11.8. The molecule has 1 atom stereocenters. The van der Waals surface area contributed by atoms with E-state index in [9.17, 15) is 9.59 Å². The van der Waals surface area contributed by atoms with E-state index in [1.165, 1.54) is 24.5 Å². The van der Waals surface area contributed by atoms with Crippen molar-refractivity contribution < 1.29 is 9.59 Å². The van der Waals surface area contributed by atoms with Gasteiger partial charge in [-0.15, -0.1) is 5.11 Å². The second-order valence-electron chi connectivity index (χ2n) is 3.13. The van der Waals surface area contributed by atoms with E-state index >= 15 is 0 Å². The summed E-state index contributed by atoms with van der Waals surface area (Å²) in [6.07, 6.45) is 4.10. The van der Waals surface area contributed by atoms with Crippen molar-refractivity contribution in [1.82, 2.24) is 9.78 Å². The lowest BCUT2D eigenvalue weighted by molar-refractivity contribution is -0.124. The summed E-state index contributed by atoms with van der Waals surface area (Å²) in [7, 11) is 0. The Kier molecular flexibility index (Phi) is 2.04. The van der Waals surface area contributed by atoms with E-state index in [1.807, 2.05) is 0 Å². The lowest BCUT2D eigenvalue weighted by Gasteiger charge is -2.18. The summed E-state index contributed by atoms with van der Waals surface area (Å²) < 4.78 is 1.14. The Balaban J connectivity index is 2.49. The first-order chi connectivity index (χ1) is 7.56. The first kappa shape index (κ1) is 10.0. The molecule has 0 saturated heterocycles. The highest BCUT2D eigenvalue weighted by atomic mass is 16.2. The minimum Gasteiger partial charge on any atom is -0.365 e. The van der Waals surface area contributed by atoms with Crippen LogP contribution in [0.2, 0.25) is 0 Å². The van der Waals surface area contributed by atoms with Crippen LogP contribution in [0.15, 0.2) is 34.8 Å². The average molecular weight is 220 g/mol. The van der Waals surface area contributed by atoms with Gasteiger partial charge in [0.15, 0.2) is 0 Å². The fourth-order valence-corrected chi connectivity index (χ4v) is 1.30. The van der Waals surface area contributed by atoms with Crippen molar-refractivity contribution in [3.8, 4) is 0 Å². The van der Waals surface area contributed by atoms with E-state index in [0.29, 0.717) is 0 Å². The van der Waals surface area contributed by atoms with Crippen LogP contribution in [-0.2, 0) is 10.5 Å². The van der Waals surface area contributed by atoms with Gasteiger partial charge in [0.2, 0.25) is 0 Å². The third-order valence-electron chi connectivity index (χ3n) is 2.14. The van der Waals surface area contributed by atoms with E-state index < -0.39 is 17.5 Å². The highest BCUT2D eigenvalue weighted by Gasteiger charge is 2.39. The van der Waals surface area contributed by atoms with Crippen LogP contribution in [0.3, 0.4) is 0 Å². The molecule has 1 aliphatic rings. The molecule has 4 N–H and O–H groups in total. The average Bonchev–Trinajstić information content (AvgIpc) is 2.87. The summed E-state index contributed by atoms with van der Waals surface area (Å²) in [6, 6.07) is 1.37. The van der Waals surface area contributed by atoms with Gasteiger partial charge in [-0.05, 0) is 12.1 Å². The quantitative estimate of drug-likeness (QED) is 0.684. The molecule has 0 aliphatic carbocycles. The Morgan fingerprint density at radius 3 is 2.56 bits per heavy atom. The standard InChI is InChI=1S/C8H8N6O2/c9-6(15)5-1-4-14(12-5)8(7(10)16)2-3-11-13-8/h1-4H,(H2,9,15)(H2,10,16). The molecule has 8 heteroatoms. The topological polar surface area (TPSA) is 129 Å². The van der Waals surface area contributed by atoms with Crippen LogP contribution in [0, 0.1) is 0 Å². The predicted octanol–water partition coefficient (Wildman–Crippen LogP) is -0.900. The largest absolute Gasteiger partial charge is 0.365 e. The second kappa shape index (κ2) is 3.26. The maximum absolute atomic E-state index is 11.3. The van der Waals surface area contributed by atoms with Crippen LogP contribution in [0.25, 0.3) is 0 Å². The summed E-state index contributed by atoms with van der Waals surface area (Å²) in [5, 5.41) is 11.1. The van der Waals surface area contributed by atoms with Crippen molar-refractivity contribution in [3.63, 3.8) is 0 Å². The molecule has 0 aromatic carbocycles. The molecule has 1 aromatic heterocycles. The molecule has 1 aliphatic heterocycles. The molecule has 16 heavy (non-hydrogen) atoms. The molecule has 2 amide bonds. The molecule has 0 saturated carbocycles. The number of carbonyl (C=O) groups excluding carboxylic acids is 2. The zero-order valence-corrected chi connectivity index (χ0v) is 8.07. The number of rotatable bonds is 3. The molecule has 1 aromatic rings. The number of carbonyl (C=O) groups is 2. The van der Waals surface area contributed by atoms with Crippen LogP contribution in [-0.4, -0.2) is 21.6 Å². The van der Waals surface area contributed by atoms with Crippen LogP contribution >= 0.6 is 0 Å². The van der Waals surface area contributed by atoms with Crippen molar-refractivity contribution in [2.24, 2.45) is 21.7 Å². The van der Waals surface area contributed by atoms with Crippen molar-refractivity contribution in [2.75, 3.05) is 0 Å². The fourth-order valence-electron chi connectivity index (χ4n) is 1.30. The normalized spacial score (nSPS) is 22.5. The number of nitrogens with zero attached hydrogens (tertiary/aromatic N) is 4. The Hall–Kier alpha value is -2.51. The SMILES string of the molecule is NC(=O)c1ccn(C2(C(N)=O)C=CN=N2)n1. The van der Waals surface area contributed by atoms with Gasteiger partial charge < -0.3 is 11.5 Å². The Bertz CT molecular complexity index is 502. The number of hydrogen-bond donors (Lipinski definition) is 2. The predicted molar refractivity (Wildman–Crippen MR) is 51.9 cm³/mol. The Morgan fingerprint density at radius 1 is 1.38 bits per heavy atom. The maximum Gasteiger partial charge on any atom is 0.274 e. The first-order valence-corrected chi connectivity index (χ1v) is 4.32. The smallest absolute Gasteiger partial charge is 0.274 e. The third kappa shape index (κ3) is 1.28. The number of amides is 2. The lowest BCUT2D eigenvalue weighted by Crippen LogP contribution is -2.42. The van der Waals surface area contributed by atoms with Crippen LogP contribution in [0.1, 0.15) is 10.5 Å². The van der Waals surface area contributed by atoms with Gasteiger partial charge in [-0.2, -0.15) is 10.2 Å². The molecule has 0 bridgehead atoms. The number of aromatic nitrogens is 2. The molecule has 82 valence electrons. The number of nitrogens with two attached hydrogens (primary N) is 2. The van der Waals surface area contributed by atoms with Gasteiger partial charge in [0, 0.05) is 6.20 Å². The Labute approximate surface area is 89.6 Å². The molecule has 8 nitrogen and oxygen atoms in total. The molecule has 1 unspecified atom stereocenters. The maximum atomic E-state index is 11.3. The summed E-state index contributed by atoms with van der Waals surface area (Å²) in [4.78, 5) is 22.2. The number of hydrogen-bond acceptors (Lipinski definition) is 5. The third-order valence-corrected chi connectivity index (χ3v) is 2.14. The molecule has 0 fully saturated rings. The molecule has 2 heterocycles. The minimum atomic E-state index is -1.49. The van der Waals surface area contributed by atoms with Crippen LogP contribution in [0.5, 0.6) is 0 Å². The van der Waals surface area contributed by atoms with Gasteiger partial charge in [0.05, 0.1) is 6.20 Å². The highest BCUT2D eigenvalue weighted by Crippen LogP contribution is 2.24. The van der Waals surface area contributed by atoms with E-state index in [-0.39, 0.29) is 5.69 Å². The minimum absolute atomic E-state index is 0.0242. The van der Waals surface area contributed by atoms with Gasteiger partial charge in [-0.3, -0.25) is 9.59 Å². The summed E-state index contributed by atoms with van der Waals surface area (Å²) >= 11 is 0. The molecule has 0 spiro atoms. The van der Waals surface area contributed by atoms with Crippen LogP contribution < -0.4 is 11.5 Å². The van der Waals surface area contributed by atoms with E-state index in [4.69, 9.17) is 11.5 Å². The van der Waals surface area contributed by atoms with E-state index in [0.717, 1.165) is 4.68 Å². The second-order valence-corrected chi connectivity index (χ2v) is 3.13.